The average Bonchev–Trinajstić information content (AvgIpc) is 3.43. The van der Waals surface area contributed by atoms with Crippen LogP contribution in [0.25, 0.3) is 28.8 Å². The van der Waals surface area contributed by atoms with E-state index in [2.05, 4.69) is 34.5 Å². The Morgan fingerprint density at radius 2 is 1.84 bits per heavy atom. The summed E-state index contributed by atoms with van der Waals surface area (Å²) in [5, 5.41) is 12.1. The number of ether oxygens (including phenoxy) is 1. The van der Waals surface area contributed by atoms with Crippen molar-refractivity contribution in [1.29, 1.82) is 0 Å². The normalized spacial score (nSPS) is 17.8. The number of aromatic nitrogens is 1. The smallest absolute Gasteiger partial charge is 0.256 e. The lowest BCUT2D eigenvalue weighted by Crippen LogP contribution is -2.34. The van der Waals surface area contributed by atoms with Crippen molar-refractivity contribution in [3.8, 4) is 5.75 Å². The zero-order chi connectivity index (χ0) is 30.8. The molecule has 0 aliphatic carbocycles. The van der Waals surface area contributed by atoms with Crippen LogP contribution in [0.4, 0.5) is 5.69 Å². The van der Waals surface area contributed by atoms with Gasteiger partial charge in [0, 0.05) is 31.0 Å². The molecule has 1 atom stereocenters. The molecule has 3 aromatic rings. The van der Waals surface area contributed by atoms with E-state index in [4.69, 9.17) is 4.74 Å². The molecule has 1 saturated heterocycles. The van der Waals surface area contributed by atoms with Crippen molar-refractivity contribution in [2.45, 2.75) is 52.0 Å². The van der Waals surface area contributed by atoms with Gasteiger partial charge in [-0.05, 0) is 94.0 Å². The zero-order valence-corrected chi connectivity index (χ0v) is 26.2. The molecule has 2 aliphatic heterocycles. The molecule has 8 nitrogen and oxygen atoms in total. The lowest BCUT2D eigenvalue weighted by atomic mass is 10.1. The first kappa shape index (κ1) is 32.0. The molecule has 230 valence electrons. The number of benzene rings is 2. The molecular weight excluding hydrogens is 538 g/mol. The van der Waals surface area contributed by atoms with Crippen LogP contribution in [-0.2, 0) is 0 Å². The number of nitrogens with zero attached hydrogens (tertiary/aromatic N) is 2. The standard InChI is InChI=1S/C33H41N5O3.C2H6/c1-23-21-25-10-5-4-9-24(25)15-20-41-32-29(35-17-7-6-16-34-2)13-12-27-30(32)38(23)22-28(31(27)39)33(40)36-18-14-26-11-8-19-37(26)3;1-2/h4-5,9-10,12-13,15,21-22,26,34-35H,1,6-8,11,14,16-20H2,2-3H3,(H,36,40);1-2H3/b24-15-,25-21-;. The van der Waals surface area contributed by atoms with E-state index in [-0.39, 0.29) is 16.9 Å². The van der Waals surface area contributed by atoms with E-state index >= 15 is 0 Å². The van der Waals surface area contributed by atoms with Gasteiger partial charge in [-0.2, -0.15) is 0 Å². The molecule has 0 radical (unpaired) electrons. The third-order valence-electron chi connectivity index (χ3n) is 8.13. The van der Waals surface area contributed by atoms with Gasteiger partial charge in [-0.25, -0.2) is 0 Å². The third kappa shape index (κ3) is 7.56. The minimum Gasteiger partial charge on any atom is -0.485 e. The van der Waals surface area contributed by atoms with Gasteiger partial charge in [-0.3, -0.25) is 9.59 Å². The summed E-state index contributed by atoms with van der Waals surface area (Å²) in [6.45, 7) is 12.0. The molecule has 1 amide bonds. The number of hydrogen-bond acceptors (Lipinski definition) is 6. The first-order chi connectivity index (χ1) is 21.0. The Bertz CT molecular complexity index is 1610. The van der Waals surface area contributed by atoms with Crippen LogP contribution in [-0.4, -0.2) is 68.3 Å². The number of rotatable bonds is 10. The van der Waals surface area contributed by atoms with Gasteiger partial charge >= 0.3 is 0 Å². The van der Waals surface area contributed by atoms with E-state index in [0.29, 0.717) is 41.5 Å². The van der Waals surface area contributed by atoms with Gasteiger partial charge in [0.05, 0.1) is 11.1 Å². The van der Waals surface area contributed by atoms with E-state index in [0.717, 1.165) is 61.4 Å². The average molecular weight is 586 g/mol. The minimum atomic E-state index is -0.367. The number of nitrogens with one attached hydrogen (secondary N) is 3. The largest absolute Gasteiger partial charge is 0.485 e. The van der Waals surface area contributed by atoms with Crippen molar-refractivity contribution in [3.05, 3.63) is 75.4 Å². The number of allylic oxidation sites excluding steroid dienone is 1. The number of fused-ring (bicyclic) bond motifs is 1. The topological polar surface area (TPSA) is 87.6 Å². The molecule has 8 heteroatoms. The number of carbonyl (C=O) groups is 1. The number of likely N-dealkylation sites (tertiary alicyclic amines) is 1. The first-order valence-electron chi connectivity index (χ1n) is 15.7. The van der Waals surface area contributed by atoms with E-state index in [1.54, 1.807) is 12.3 Å². The number of anilines is 1. The molecule has 1 aromatic heterocycles. The number of amides is 1. The van der Waals surface area contributed by atoms with Crippen LogP contribution in [0, 0.1) is 0 Å². The quantitative estimate of drug-likeness (QED) is 0.314. The van der Waals surface area contributed by atoms with Crippen LogP contribution in [0.3, 0.4) is 0 Å². The highest BCUT2D eigenvalue weighted by Gasteiger charge is 2.23. The van der Waals surface area contributed by atoms with Gasteiger partial charge in [0.2, 0.25) is 5.43 Å². The molecule has 0 spiro atoms. The second kappa shape index (κ2) is 15.5. The summed E-state index contributed by atoms with van der Waals surface area (Å²) in [6, 6.07) is 12.2. The predicted octanol–water partition coefficient (Wildman–Crippen LogP) is 3.78. The van der Waals surface area contributed by atoms with Crippen molar-refractivity contribution in [2.75, 3.05) is 52.2 Å². The van der Waals surface area contributed by atoms with Crippen molar-refractivity contribution in [3.63, 3.8) is 0 Å². The monoisotopic (exact) mass is 585 g/mol. The van der Waals surface area contributed by atoms with Gasteiger partial charge in [0.1, 0.15) is 17.7 Å². The Balaban J connectivity index is 0.00000207. The summed E-state index contributed by atoms with van der Waals surface area (Å²) in [6.07, 6.45) is 10.9. The maximum absolute atomic E-state index is 13.8. The maximum atomic E-state index is 13.8. The van der Waals surface area contributed by atoms with Gasteiger partial charge in [-0.15, -0.1) is 0 Å². The summed E-state index contributed by atoms with van der Waals surface area (Å²) >= 11 is 0. The number of carbonyl (C=O) groups excluding carboxylic acids is 1. The van der Waals surface area contributed by atoms with Crippen LogP contribution < -0.4 is 36.6 Å². The zero-order valence-electron chi connectivity index (χ0n) is 26.2. The molecule has 5 rings (SSSR count). The fourth-order valence-corrected chi connectivity index (χ4v) is 5.80. The molecule has 0 bridgehead atoms. The van der Waals surface area contributed by atoms with Crippen LogP contribution in [0.5, 0.6) is 5.75 Å². The van der Waals surface area contributed by atoms with Crippen molar-refractivity contribution in [2.24, 2.45) is 0 Å². The molecular formula is C35H47N5O3. The maximum Gasteiger partial charge on any atom is 0.256 e. The fraction of sp³-hybridized carbons (Fsp3) is 0.429. The minimum absolute atomic E-state index is 0.0995. The second-order valence-electron chi connectivity index (χ2n) is 10.9. The van der Waals surface area contributed by atoms with Gasteiger partial charge in [0.25, 0.3) is 5.91 Å². The summed E-state index contributed by atoms with van der Waals surface area (Å²) in [5.74, 6) is 0.212. The molecule has 3 heterocycles. The van der Waals surface area contributed by atoms with Crippen LogP contribution >= 0.6 is 0 Å². The first-order valence-corrected chi connectivity index (χ1v) is 15.7. The van der Waals surface area contributed by atoms with Gasteiger partial charge in [-0.1, -0.05) is 44.7 Å². The second-order valence-corrected chi connectivity index (χ2v) is 10.9. The van der Waals surface area contributed by atoms with E-state index in [1.807, 2.05) is 67.9 Å². The highest BCUT2D eigenvalue weighted by molar-refractivity contribution is 6.01. The molecule has 43 heavy (non-hydrogen) atoms. The molecule has 2 aliphatic rings. The highest BCUT2D eigenvalue weighted by atomic mass is 16.5. The summed E-state index contributed by atoms with van der Waals surface area (Å²) < 4.78 is 8.22. The Labute approximate surface area is 255 Å². The number of unbranched alkanes of at least 4 members (excludes halogenated alkanes) is 1. The summed E-state index contributed by atoms with van der Waals surface area (Å²) in [7, 11) is 4.08. The van der Waals surface area contributed by atoms with Gasteiger partial charge < -0.3 is 30.2 Å². The molecule has 2 aromatic carbocycles. The Morgan fingerprint density at radius 3 is 2.58 bits per heavy atom. The molecule has 3 N–H and O–H groups in total. The highest BCUT2D eigenvalue weighted by Crippen LogP contribution is 2.35. The lowest BCUT2D eigenvalue weighted by molar-refractivity contribution is 0.0949. The van der Waals surface area contributed by atoms with E-state index in [1.165, 1.54) is 6.42 Å². The molecule has 1 fully saturated rings. The Morgan fingerprint density at radius 1 is 1.07 bits per heavy atom. The SMILES string of the molecule is C=C1/C=c2/cccc/c2=C/COc2c(NCCCCNC)ccc3c(=O)c(C(=O)NCCC4CCCN4C)cn1c23.CC. The van der Waals surface area contributed by atoms with Gasteiger partial charge in [0.15, 0.2) is 5.75 Å². The molecule has 0 saturated carbocycles. The lowest BCUT2D eigenvalue weighted by Gasteiger charge is -2.21. The molecule has 1 unspecified atom stereocenters. The van der Waals surface area contributed by atoms with Crippen LogP contribution in [0.1, 0.15) is 56.3 Å². The third-order valence-corrected chi connectivity index (χ3v) is 8.13. The van der Waals surface area contributed by atoms with Crippen LogP contribution in [0.2, 0.25) is 0 Å². The fourth-order valence-electron chi connectivity index (χ4n) is 5.80. The summed E-state index contributed by atoms with van der Waals surface area (Å²) in [4.78, 5) is 29.5. The van der Waals surface area contributed by atoms with Crippen LogP contribution in [0.15, 0.2) is 54.0 Å². The Kier molecular flexibility index (Phi) is 11.6. The van der Waals surface area contributed by atoms with Crippen molar-refractivity contribution < 1.29 is 9.53 Å². The van der Waals surface area contributed by atoms with Crippen molar-refractivity contribution in [1.82, 2.24) is 20.1 Å². The van der Waals surface area contributed by atoms with E-state index < -0.39 is 0 Å². The predicted molar refractivity (Wildman–Crippen MR) is 179 cm³/mol. The summed E-state index contributed by atoms with van der Waals surface area (Å²) in [5.41, 5.74) is 1.83. The number of pyridine rings is 1. The Hall–Kier alpha value is -3.88. The van der Waals surface area contributed by atoms with Crippen molar-refractivity contribution >= 4 is 40.3 Å². The number of hydrogen-bond donors (Lipinski definition) is 3. The van der Waals surface area contributed by atoms with E-state index in [9.17, 15) is 9.59 Å².